The Balaban J connectivity index is 2.81. The topological polar surface area (TPSA) is 113 Å². The first-order chi connectivity index (χ1) is 7.54. The predicted molar refractivity (Wildman–Crippen MR) is 55.7 cm³/mol. The fourth-order valence-electron chi connectivity index (χ4n) is 1.26. The van der Waals surface area contributed by atoms with E-state index < -0.39 is 11.9 Å². The van der Waals surface area contributed by atoms with E-state index in [0.29, 0.717) is 12.0 Å². The number of carbonyl (C=O) groups is 2. The van der Waals surface area contributed by atoms with Gasteiger partial charge in [-0.15, -0.1) is 0 Å². The highest BCUT2D eigenvalue weighted by Gasteiger charge is 2.15. The van der Waals surface area contributed by atoms with Gasteiger partial charge in [0.2, 0.25) is 12.3 Å². The fourth-order valence-corrected chi connectivity index (χ4v) is 1.26. The van der Waals surface area contributed by atoms with Gasteiger partial charge in [-0.05, 0) is 17.7 Å². The van der Waals surface area contributed by atoms with Gasteiger partial charge in [-0.1, -0.05) is 6.07 Å². The quantitative estimate of drug-likeness (QED) is 0.389. The van der Waals surface area contributed by atoms with E-state index in [9.17, 15) is 14.7 Å². The van der Waals surface area contributed by atoms with Crippen molar-refractivity contribution >= 4 is 12.3 Å². The van der Waals surface area contributed by atoms with Gasteiger partial charge in [0.1, 0.15) is 6.04 Å². The number of nitrogens with one attached hydrogen (secondary N) is 1. The summed E-state index contributed by atoms with van der Waals surface area (Å²) in [5, 5.41) is 20.6. The lowest BCUT2D eigenvalue weighted by Crippen LogP contribution is -2.42. The Bertz CT molecular complexity index is 406. The largest absolute Gasteiger partial charge is 0.504 e. The lowest BCUT2D eigenvalue weighted by Gasteiger charge is -2.12. The first-order valence-corrected chi connectivity index (χ1v) is 4.54. The number of hydrogen-bond donors (Lipinski definition) is 4. The smallest absolute Gasteiger partial charge is 0.240 e. The summed E-state index contributed by atoms with van der Waals surface area (Å²) < 4.78 is 0. The third kappa shape index (κ3) is 2.88. The number of primary amides is 1. The van der Waals surface area contributed by atoms with Gasteiger partial charge >= 0.3 is 0 Å². The molecule has 0 spiro atoms. The van der Waals surface area contributed by atoms with Gasteiger partial charge in [0.05, 0.1) is 0 Å². The number of benzene rings is 1. The molecular weight excluding hydrogens is 212 g/mol. The molecule has 1 aromatic rings. The van der Waals surface area contributed by atoms with Crippen LogP contribution in [0.3, 0.4) is 0 Å². The van der Waals surface area contributed by atoms with E-state index in [2.05, 4.69) is 5.32 Å². The van der Waals surface area contributed by atoms with Crippen LogP contribution in [0.4, 0.5) is 0 Å². The Labute approximate surface area is 91.7 Å². The Morgan fingerprint density at radius 1 is 1.44 bits per heavy atom. The maximum atomic E-state index is 10.9. The Hall–Kier alpha value is -2.24. The second kappa shape index (κ2) is 5.01. The molecule has 16 heavy (non-hydrogen) atoms. The van der Waals surface area contributed by atoms with E-state index in [1.807, 2.05) is 0 Å². The Morgan fingerprint density at radius 2 is 2.12 bits per heavy atom. The minimum Gasteiger partial charge on any atom is -0.504 e. The van der Waals surface area contributed by atoms with Crippen molar-refractivity contribution in [2.45, 2.75) is 12.5 Å². The molecule has 1 unspecified atom stereocenters. The maximum Gasteiger partial charge on any atom is 0.240 e. The van der Waals surface area contributed by atoms with Gasteiger partial charge in [-0.25, -0.2) is 0 Å². The van der Waals surface area contributed by atoms with E-state index in [4.69, 9.17) is 10.8 Å². The number of nitrogens with two attached hydrogens (primary N) is 1. The van der Waals surface area contributed by atoms with Crippen LogP contribution in [0.1, 0.15) is 5.56 Å². The van der Waals surface area contributed by atoms with Crippen LogP contribution in [-0.4, -0.2) is 28.6 Å². The highest BCUT2D eigenvalue weighted by atomic mass is 16.3. The summed E-state index contributed by atoms with van der Waals surface area (Å²) in [7, 11) is 0. The molecule has 6 nitrogen and oxygen atoms in total. The van der Waals surface area contributed by atoms with E-state index >= 15 is 0 Å². The lowest BCUT2D eigenvalue weighted by molar-refractivity contribution is -0.122. The van der Waals surface area contributed by atoms with Crippen molar-refractivity contribution in [1.29, 1.82) is 0 Å². The predicted octanol–water partition coefficient (Wildman–Crippen LogP) is -0.760. The summed E-state index contributed by atoms with van der Waals surface area (Å²) in [4.78, 5) is 21.2. The zero-order valence-electron chi connectivity index (χ0n) is 8.38. The molecule has 86 valence electrons. The summed E-state index contributed by atoms with van der Waals surface area (Å²) >= 11 is 0. The molecule has 1 rings (SSSR count). The third-order valence-corrected chi connectivity index (χ3v) is 2.09. The van der Waals surface area contributed by atoms with Crippen LogP contribution in [0.15, 0.2) is 18.2 Å². The van der Waals surface area contributed by atoms with Gasteiger partial charge in [-0.3, -0.25) is 9.59 Å². The van der Waals surface area contributed by atoms with Crippen molar-refractivity contribution < 1.29 is 19.8 Å². The van der Waals surface area contributed by atoms with Crippen molar-refractivity contribution in [3.63, 3.8) is 0 Å². The molecule has 5 N–H and O–H groups in total. The van der Waals surface area contributed by atoms with Gasteiger partial charge in [0.15, 0.2) is 11.5 Å². The Morgan fingerprint density at radius 3 is 2.62 bits per heavy atom. The maximum absolute atomic E-state index is 10.9. The highest BCUT2D eigenvalue weighted by Crippen LogP contribution is 2.25. The molecule has 0 heterocycles. The summed E-state index contributed by atoms with van der Waals surface area (Å²) in [6.07, 6.45) is 0.539. The van der Waals surface area contributed by atoms with Gasteiger partial charge in [-0.2, -0.15) is 0 Å². The number of carbonyl (C=O) groups excluding carboxylic acids is 2. The van der Waals surface area contributed by atoms with Crippen LogP contribution in [0.25, 0.3) is 0 Å². The number of rotatable bonds is 5. The molecular formula is C10H12N2O4. The summed E-state index contributed by atoms with van der Waals surface area (Å²) in [5.41, 5.74) is 5.64. The molecule has 0 bridgehead atoms. The zero-order valence-corrected chi connectivity index (χ0v) is 8.38. The van der Waals surface area contributed by atoms with E-state index in [1.54, 1.807) is 0 Å². The summed E-state index contributed by atoms with van der Waals surface area (Å²) in [6, 6.07) is 3.29. The van der Waals surface area contributed by atoms with Crippen LogP contribution in [0, 0.1) is 0 Å². The summed E-state index contributed by atoms with van der Waals surface area (Å²) in [6.45, 7) is 0. The molecule has 6 heteroatoms. The molecule has 2 amide bonds. The number of aromatic hydroxyl groups is 2. The molecule has 0 saturated carbocycles. The monoisotopic (exact) mass is 224 g/mol. The van der Waals surface area contributed by atoms with Crippen LogP contribution in [0.5, 0.6) is 11.5 Å². The molecule has 0 radical (unpaired) electrons. The minimum absolute atomic E-state index is 0.155. The normalized spacial score (nSPS) is 11.8. The van der Waals surface area contributed by atoms with Gasteiger partial charge in [0.25, 0.3) is 0 Å². The first kappa shape index (κ1) is 11.8. The standard InChI is InChI=1S/C10H12N2O4/c11-10(16)7(12-5-13)3-6-1-2-8(14)9(15)4-6/h1-2,4-5,7,14-15H,3H2,(H2,11,16)(H,12,13). The molecule has 0 aliphatic heterocycles. The number of amides is 2. The zero-order chi connectivity index (χ0) is 12.1. The minimum atomic E-state index is -0.832. The van der Waals surface area contributed by atoms with Crippen LogP contribution in [-0.2, 0) is 16.0 Å². The molecule has 0 aliphatic rings. The average Bonchev–Trinajstić information content (AvgIpc) is 2.22. The highest BCUT2D eigenvalue weighted by molar-refractivity contribution is 5.82. The number of phenolic OH excluding ortho intramolecular Hbond substituents is 2. The van der Waals surface area contributed by atoms with Crippen molar-refractivity contribution in [2.75, 3.05) is 0 Å². The molecule has 0 aromatic heterocycles. The van der Waals surface area contributed by atoms with Crippen LogP contribution in [0.2, 0.25) is 0 Å². The molecule has 0 saturated heterocycles. The fraction of sp³-hybridized carbons (Fsp3) is 0.200. The number of phenols is 2. The number of hydrogen-bond acceptors (Lipinski definition) is 4. The molecule has 1 atom stereocenters. The third-order valence-electron chi connectivity index (χ3n) is 2.09. The second-order valence-electron chi connectivity index (χ2n) is 3.27. The first-order valence-electron chi connectivity index (χ1n) is 4.54. The lowest BCUT2D eigenvalue weighted by atomic mass is 10.1. The molecule has 1 aromatic carbocycles. The van der Waals surface area contributed by atoms with E-state index in [0.717, 1.165) is 0 Å². The Kier molecular flexibility index (Phi) is 3.71. The van der Waals surface area contributed by atoms with Crippen molar-refractivity contribution in [2.24, 2.45) is 5.73 Å². The van der Waals surface area contributed by atoms with Crippen molar-refractivity contribution in [3.05, 3.63) is 23.8 Å². The average molecular weight is 224 g/mol. The molecule has 0 aliphatic carbocycles. The van der Waals surface area contributed by atoms with E-state index in [-0.39, 0.29) is 17.9 Å². The molecule has 0 fully saturated rings. The van der Waals surface area contributed by atoms with Crippen molar-refractivity contribution in [3.8, 4) is 11.5 Å². The SMILES string of the molecule is NC(=O)C(Cc1ccc(O)c(O)c1)NC=O. The van der Waals surface area contributed by atoms with Crippen LogP contribution >= 0.6 is 0 Å². The van der Waals surface area contributed by atoms with Crippen LogP contribution < -0.4 is 11.1 Å². The summed E-state index contributed by atoms with van der Waals surface area (Å²) in [5.74, 6) is -1.20. The van der Waals surface area contributed by atoms with Gasteiger partial charge in [0, 0.05) is 6.42 Å². The van der Waals surface area contributed by atoms with Gasteiger partial charge < -0.3 is 21.3 Å². The van der Waals surface area contributed by atoms with E-state index in [1.165, 1.54) is 18.2 Å². The van der Waals surface area contributed by atoms with Crippen molar-refractivity contribution in [1.82, 2.24) is 5.32 Å². The second-order valence-corrected chi connectivity index (χ2v) is 3.27.